The highest BCUT2D eigenvalue weighted by molar-refractivity contribution is 6.08. The number of hydrogen-bond acceptors (Lipinski definition) is 2. The molecule has 3 aromatic carbocycles. The zero-order chi connectivity index (χ0) is 20.1. The molecule has 1 amide bonds. The summed E-state index contributed by atoms with van der Waals surface area (Å²) in [6, 6.07) is 22.3. The van der Waals surface area contributed by atoms with Gasteiger partial charge in [-0.3, -0.25) is 4.79 Å². The Balaban J connectivity index is 1.68. The molecule has 0 unspecified atom stereocenters. The molecule has 1 fully saturated rings. The second kappa shape index (κ2) is 8.95. The number of fused-ring (bicyclic) bond motifs is 1. The third-order valence-electron chi connectivity index (χ3n) is 5.76. The van der Waals surface area contributed by atoms with E-state index in [0.717, 1.165) is 24.0 Å². The molecule has 1 aliphatic rings. The fraction of sp³-hybridized carbons (Fsp3) is 0.269. The van der Waals surface area contributed by atoms with Crippen LogP contribution in [0.25, 0.3) is 16.8 Å². The van der Waals surface area contributed by atoms with Crippen molar-refractivity contribution in [3.63, 3.8) is 0 Å². The van der Waals surface area contributed by atoms with Crippen molar-refractivity contribution in [3.8, 4) is 5.75 Å². The zero-order valence-corrected chi connectivity index (χ0v) is 16.9. The average molecular weight is 386 g/mol. The van der Waals surface area contributed by atoms with E-state index < -0.39 is 0 Å². The Hall–Kier alpha value is -3.07. The van der Waals surface area contributed by atoms with E-state index in [2.05, 4.69) is 41.7 Å². The van der Waals surface area contributed by atoms with Crippen LogP contribution in [0.5, 0.6) is 5.75 Å². The Morgan fingerprint density at radius 1 is 0.931 bits per heavy atom. The quantitative estimate of drug-likeness (QED) is 0.513. The number of amides is 1. The molecule has 0 aliphatic heterocycles. The predicted octanol–water partition coefficient (Wildman–Crippen LogP) is 6.45. The summed E-state index contributed by atoms with van der Waals surface area (Å²) < 4.78 is 5.40. The fourth-order valence-corrected chi connectivity index (χ4v) is 4.20. The minimum Gasteiger partial charge on any atom is -0.495 e. The van der Waals surface area contributed by atoms with Crippen LogP contribution in [0, 0.1) is 5.92 Å². The zero-order valence-electron chi connectivity index (χ0n) is 16.9. The molecule has 3 nitrogen and oxygen atoms in total. The highest BCUT2D eigenvalue weighted by atomic mass is 16.5. The number of para-hydroxylation sites is 2. The first-order valence-electron chi connectivity index (χ1n) is 10.4. The van der Waals surface area contributed by atoms with Gasteiger partial charge in [-0.05, 0) is 59.4 Å². The minimum absolute atomic E-state index is 0.0328. The molecule has 29 heavy (non-hydrogen) atoms. The molecule has 0 bridgehead atoms. The Labute approximate surface area is 172 Å². The van der Waals surface area contributed by atoms with Gasteiger partial charge in [-0.1, -0.05) is 67.8 Å². The number of rotatable bonds is 5. The van der Waals surface area contributed by atoms with Gasteiger partial charge in [-0.15, -0.1) is 0 Å². The van der Waals surface area contributed by atoms with Gasteiger partial charge < -0.3 is 10.1 Å². The third kappa shape index (κ3) is 4.51. The standard InChI is InChI=1S/C26H27NO2/c1-29-25-14-8-7-13-24(25)27-26(28)23(21-10-3-2-4-11-21)18-19-15-16-20-9-5-6-12-22(20)17-19/h5-9,12-18,21H,2-4,10-11H2,1H3,(H,27,28)/b23-18-. The Morgan fingerprint density at radius 2 is 1.66 bits per heavy atom. The van der Waals surface area contributed by atoms with Crippen molar-refractivity contribution in [3.05, 3.63) is 77.9 Å². The van der Waals surface area contributed by atoms with Crippen LogP contribution in [-0.4, -0.2) is 13.0 Å². The molecule has 0 aromatic heterocycles. The van der Waals surface area contributed by atoms with Crippen LogP contribution in [0.1, 0.15) is 37.7 Å². The second-order valence-corrected chi connectivity index (χ2v) is 7.70. The Bertz CT molecular complexity index is 1030. The van der Waals surface area contributed by atoms with Crippen LogP contribution in [0.2, 0.25) is 0 Å². The van der Waals surface area contributed by atoms with Crippen LogP contribution in [0.15, 0.2) is 72.3 Å². The van der Waals surface area contributed by atoms with Crippen molar-refractivity contribution < 1.29 is 9.53 Å². The molecular formula is C26H27NO2. The predicted molar refractivity (Wildman–Crippen MR) is 120 cm³/mol. The average Bonchev–Trinajstić information content (AvgIpc) is 2.78. The summed E-state index contributed by atoms with van der Waals surface area (Å²) in [5, 5.41) is 5.48. The smallest absolute Gasteiger partial charge is 0.251 e. The number of methoxy groups -OCH3 is 1. The van der Waals surface area contributed by atoms with Crippen molar-refractivity contribution in [1.82, 2.24) is 0 Å². The lowest BCUT2D eigenvalue weighted by Gasteiger charge is -2.24. The highest BCUT2D eigenvalue weighted by Gasteiger charge is 2.24. The molecule has 148 valence electrons. The van der Waals surface area contributed by atoms with Crippen molar-refractivity contribution >= 4 is 28.4 Å². The van der Waals surface area contributed by atoms with E-state index in [4.69, 9.17) is 4.74 Å². The molecule has 0 saturated heterocycles. The van der Waals surface area contributed by atoms with Crippen LogP contribution in [-0.2, 0) is 4.79 Å². The molecule has 4 rings (SSSR count). The summed E-state index contributed by atoms with van der Waals surface area (Å²) in [4.78, 5) is 13.3. The van der Waals surface area contributed by atoms with Gasteiger partial charge in [0.05, 0.1) is 12.8 Å². The van der Waals surface area contributed by atoms with Crippen molar-refractivity contribution in [1.29, 1.82) is 0 Å². The van der Waals surface area contributed by atoms with E-state index in [1.807, 2.05) is 36.4 Å². The largest absolute Gasteiger partial charge is 0.495 e. The number of hydrogen-bond donors (Lipinski definition) is 1. The number of carbonyl (C=O) groups excluding carboxylic acids is 1. The SMILES string of the molecule is COc1ccccc1NC(=O)/C(=C\c1ccc2ccccc2c1)C1CCCCC1. The van der Waals surface area contributed by atoms with Gasteiger partial charge in [0.15, 0.2) is 0 Å². The summed E-state index contributed by atoms with van der Waals surface area (Å²) in [5.74, 6) is 0.939. The van der Waals surface area contributed by atoms with Gasteiger partial charge in [-0.2, -0.15) is 0 Å². The van der Waals surface area contributed by atoms with E-state index >= 15 is 0 Å². The summed E-state index contributed by atoms with van der Waals surface area (Å²) in [7, 11) is 1.62. The number of anilines is 1. The molecule has 0 radical (unpaired) electrons. The van der Waals surface area contributed by atoms with Crippen molar-refractivity contribution in [2.75, 3.05) is 12.4 Å². The maximum absolute atomic E-state index is 13.3. The fourth-order valence-electron chi connectivity index (χ4n) is 4.20. The summed E-state index contributed by atoms with van der Waals surface area (Å²) in [6.07, 6.45) is 7.84. The summed E-state index contributed by atoms with van der Waals surface area (Å²) in [6.45, 7) is 0. The van der Waals surface area contributed by atoms with Crippen LogP contribution >= 0.6 is 0 Å². The Kier molecular flexibility index (Phi) is 5.95. The molecular weight excluding hydrogens is 358 g/mol. The Morgan fingerprint density at radius 3 is 2.45 bits per heavy atom. The lowest BCUT2D eigenvalue weighted by atomic mass is 9.82. The first-order chi connectivity index (χ1) is 14.2. The summed E-state index contributed by atoms with van der Waals surface area (Å²) >= 11 is 0. The van der Waals surface area contributed by atoms with Crippen LogP contribution < -0.4 is 10.1 Å². The number of nitrogens with one attached hydrogen (secondary N) is 1. The third-order valence-corrected chi connectivity index (χ3v) is 5.76. The van der Waals surface area contributed by atoms with Crippen LogP contribution in [0.3, 0.4) is 0 Å². The molecule has 1 saturated carbocycles. The first-order valence-corrected chi connectivity index (χ1v) is 10.4. The molecule has 1 N–H and O–H groups in total. The number of carbonyl (C=O) groups is 1. The normalized spacial score (nSPS) is 15.3. The van der Waals surface area contributed by atoms with E-state index in [-0.39, 0.29) is 5.91 Å². The lowest BCUT2D eigenvalue weighted by Crippen LogP contribution is -2.22. The molecule has 3 heteroatoms. The molecule has 0 atom stereocenters. The highest BCUT2D eigenvalue weighted by Crippen LogP contribution is 2.33. The minimum atomic E-state index is -0.0328. The van der Waals surface area contributed by atoms with Gasteiger partial charge in [0, 0.05) is 5.57 Å². The van der Waals surface area contributed by atoms with E-state index in [1.165, 1.54) is 30.0 Å². The van der Waals surface area contributed by atoms with E-state index in [0.29, 0.717) is 17.4 Å². The van der Waals surface area contributed by atoms with Gasteiger partial charge in [0.25, 0.3) is 5.91 Å². The summed E-state index contributed by atoms with van der Waals surface area (Å²) in [5.41, 5.74) is 2.64. The lowest BCUT2D eigenvalue weighted by molar-refractivity contribution is -0.113. The monoisotopic (exact) mass is 385 g/mol. The second-order valence-electron chi connectivity index (χ2n) is 7.70. The van der Waals surface area contributed by atoms with Gasteiger partial charge in [-0.25, -0.2) is 0 Å². The first kappa shape index (κ1) is 19.3. The molecule has 3 aromatic rings. The maximum Gasteiger partial charge on any atom is 0.251 e. The number of ether oxygens (including phenoxy) is 1. The van der Waals surface area contributed by atoms with Gasteiger partial charge in [0.1, 0.15) is 5.75 Å². The van der Waals surface area contributed by atoms with Crippen molar-refractivity contribution in [2.45, 2.75) is 32.1 Å². The van der Waals surface area contributed by atoms with Gasteiger partial charge in [0.2, 0.25) is 0 Å². The molecule has 0 spiro atoms. The molecule has 1 aliphatic carbocycles. The van der Waals surface area contributed by atoms with Gasteiger partial charge >= 0.3 is 0 Å². The van der Waals surface area contributed by atoms with E-state index in [9.17, 15) is 4.79 Å². The van der Waals surface area contributed by atoms with Crippen LogP contribution in [0.4, 0.5) is 5.69 Å². The molecule has 0 heterocycles. The van der Waals surface area contributed by atoms with Crippen molar-refractivity contribution in [2.24, 2.45) is 5.92 Å². The topological polar surface area (TPSA) is 38.3 Å². The number of benzene rings is 3. The maximum atomic E-state index is 13.3. The van der Waals surface area contributed by atoms with E-state index in [1.54, 1.807) is 7.11 Å².